The maximum Gasteiger partial charge on any atom is 0.416 e. The fourth-order valence-corrected chi connectivity index (χ4v) is 9.68. The Hall–Kier alpha value is -7.25. The highest BCUT2D eigenvalue weighted by atomic mass is 32.2. The van der Waals surface area contributed by atoms with E-state index in [1.807, 2.05) is 126 Å². The topological polar surface area (TPSA) is 114 Å². The number of thioether (sulfide) groups is 1. The van der Waals surface area contributed by atoms with Crippen molar-refractivity contribution in [2.75, 3.05) is 19.1 Å². The van der Waals surface area contributed by atoms with Crippen molar-refractivity contribution < 1.29 is 42.5 Å². The minimum atomic E-state index is -4.46. The molecular weight excluding hydrogens is 876 g/mol. The number of halogens is 3. The van der Waals surface area contributed by atoms with Gasteiger partial charge in [-0.2, -0.15) is 13.2 Å². The van der Waals surface area contributed by atoms with Crippen LogP contribution in [0.15, 0.2) is 150 Å². The van der Waals surface area contributed by atoms with Gasteiger partial charge in [0, 0.05) is 74.8 Å². The van der Waals surface area contributed by atoms with Crippen molar-refractivity contribution in [2.45, 2.75) is 55.1 Å². The predicted octanol–water partition coefficient (Wildman–Crippen LogP) is 12.8. The van der Waals surface area contributed by atoms with Crippen molar-refractivity contribution >= 4 is 57.1 Å². The first-order valence-corrected chi connectivity index (χ1v) is 22.8. The molecule has 1 amide bonds. The molecule has 2 aliphatic carbocycles. The summed E-state index contributed by atoms with van der Waals surface area (Å²) in [4.78, 5) is 40.5. The lowest BCUT2D eigenvalue weighted by molar-refractivity contribution is -0.137. The molecule has 67 heavy (non-hydrogen) atoms. The zero-order valence-electron chi connectivity index (χ0n) is 36.7. The summed E-state index contributed by atoms with van der Waals surface area (Å²) in [5.41, 5.74) is 5.89. The molecule has 0 saturated heterocycles. The molecule has 0 radical (unpaired) electrons. The van der Waals surface area contributed by atoms with Gasteiger partial charge in [0.15, 0.2) is 0 Å². The number of methoxy groups -OCH3 is 1. The molecule has 9 nitrogen and oxygen atoms in total. The molecule has 2 heterocycles. The lowest BCUT2D eigenvalue weighted by Crippen LogP contribution is -2.27. The van der Waals surface area contributed by atoms with Crippen LogP contribution in [0.1, 0.15) is 63.4 Å². The van der Waals surface area contributed by atoms with Gasteiger partial charge < -0.3 is 29.0 Å². The number of carbonyl (C=O) groups is 3. The van der Waals surface area contributed by atoms with E-state index in [0.29, 0.717) is 34.0 Å². The molecule has 0 atom stereocenters. The molecule has 2 fully saturated rings. The molecule has 6 aromatic carbocycles. The number of hydrogen-bond donors (Lipinski definition) is 2. The number of carbonyl (C=O) groups excluding carboxylic acids is 1. The summed E-state index contributed by atoms with van der Waals surface area (Å²) in [7, 11) is 3.40. The van der Waals surface area contributed by atoms with Crippen LogP contribution in [0.3, 0.4) is 0 Å². The molecule has 10 rings (SSSR count). The average Bonchev–Trinajstić information content (AvgIpc) is 4.28. The van der Waals surface area contributed by atoms with E-state index in [1.165, 1.54) is 18.9 Å². The van der Waals surface area contributed by atoms with E-state index < -0.39 is 23.7 Å². The van der Waals surface area contributed by atoms with Gasteiger partial charge in [0.25, 0.3) is 0 Å². The number of ether oxygens (including phenoxy) is 1. The largest absolute Gasteiger partial charge is 0.497 e. The lowest BCUT2D eigenvalue weighted by atomic mass is 10.0. The van der Waals surface area contributed by atoms with Gasteiger partial charge in [-0.3, -0.25) is 4.79 Å². The Balaban J connectivity index is 0.000000168. The third kappa shape index (κ3) is 9.55. The van der Waals surface area contributed by atoms with Gasteiger partial charge in [0.2, 0.25) is 5.91 Å². The molecular formula is C54H46F3N3O6S. The molecule has 8 aromatic rings. The van der Waals surface area contributed by atoms with E-state index in [1.54, 1.807) is 41.8 Å². The van der Waals surface area contributed by atoms with Crippen molar-refractivity contribution in [1.29, 1.82) is 0 Å². The van der Waals surface area contributed by atoms with Crippen LogP contribution in [0.25, 0.3) is 44.1 Å². The summed E-state index contributed by atoms with van der Waals surface area (Å²) in [6, 6.07) is 43.1. The molecule has 13 heteroatoms. The second-order valence-corrected chi connectivity index (χ2v) is 18.3. The number of nitrogens with zero attached hydrogens (tertiary/aromatic N) is 3. The number of fused-ring (bicyclic) bond motifs is 2. The van der Waals surface area contributed by atoms with E-state index in [2.05, 4.69) is 0 Å². The van der Waals surface area contributed by atoms with Crippen LogP contribution in [-0.4, -0.2) is 56.6 Å². The van der Waals surface area contributed by atoms with Gasteiger partial charge >= 0.3 is 18.1 Å². The fraction of sp³-hybridized carbons (Fsp3) is 0.204. The minimum absolute atomic E-state index is 0.0156. The summed E-state index contributed by atoms with van der Waals surface area (Å²) < 4.78 is 48.4. The summed E-state index contributed by atoms with van der Waals surface area (Å²) in [6.07, 6.45) is -0.152. The standard InChI is InChI=1S/C28H26N2O4.C26H20F3NO2S/c1-29(27(31)19-13-14-19)21-9-6-8-20(16-21)25-23-11-3-4-12-24(23)30(26(25)28(32)33)17-18-7-5-10-22(15-18)34-2;27-26(28,29)18-5-3-4-16(14-18)15-30-22-7-2-1-6-21(22)23(24(30)25(31)32)17-8-10-19(11-9-17)33-20-12-13-20/h3-12,15-16,19H,13-14,17H2,1-2H3,(H,32,33);1-11,14,20H,12-13,15H2,(H,31,32). The van der Waals surface area contributed by atoms with Crippen LogP contribution in [0.5, 0.6) is 5.75 Å². The summed E-state index contributed by atoms with van der Waals surface area (Å²) >= 11 is 1.82. The van der Waals surface area contributed by atoms with Gasteiger partial charge in [-0.05, 0) is 109 Å². The van der Waals surface area contributed by atoms with Crippen LogP contribution in [0.4, 0.5) is 18.9 Å². The van der Waals surface area contributed by atoms with Crippen molar-refractivity contribution in [3.63, 3.8) is 0 Å². The van der Waals surface area contributed by atoms with Crippen LogP contribution >= 0.6 is 11.8 Å². The number of carboxylic acids is 2. The molecule has 2 aliphatic rings. The Kier molecular flexibility index (Phi) is 12.4. The minimum Gasteiger partial charge on any atom is -0.497 e. The normalized spacial score (nSPS) is 13.6. The molecule has 2 N–H and O–H groups in total. The fourth-order valence-electron chi connectivity index (χ4n) is 8.63. The molecule has 2 aromatic heterocycles. The van der Waals surface area contributed by atoms with E-state index in [-0.39, 0.29) is 29.8 Å². The molecule has 340 valence electrons. The van der Waals surface area contributed by atoms with Gasteiger partial charge in [0.05, 0.1) is 12.7 Å². The number of para-hydroxylation sites is 2. The third-order valence-electron chi connectivity index (χ3n) is 12.2. The molecule has 0 unspecified atom stereocenters. The highest BCUT2D eigenvalue weighted by Gasteiger charge is 2.33. The van der Waals surface area contributed by atoms with E-state index in [0.717, 1.165) is 74.3 Å². The Morgan fingerprint density at radius 2 is 1.21 bits per heavy atom. The highest BCUT2D eigenvalue weighted by Crippen LogP contribution is 2.42. The van der Waals surface area contributed by atoms with E-state index in [4.69, 9.17) is 4.74 Å². The van der Waals surface area contributed by atoms with Gasteiger partial charge in [-0.15, -0.1) is 11.8 Å². The number of amides is 1. The van der Waals surface area contributed by atoms with Gasteiger partial charge in [-0.25, -0.2) is 9.59 Å². The van der Waals surface area contributed by atoms with Crippen LogP contribution < -0.4 is 9.64 Å². The SMILES string of the molecule is COc1cccc(Cn2c(C(=O)O)c(-c3cccc(N(C)C(=O)C4CC4)c3)c3ccccc32)c1.O=C(O)c1c(-c2ccc(SC3CC3)cc2)c2ccccc2n1Cc1cccc(C(F)(F)F)c1. The zero-order chi connectivity index (χ0) is 47.0. The smallest absolute Gasteiger partial charge is 0.416 e. The third-order valence-corrected chi connectivity index (χ3v) is 13.5. The second-order valence-electron chi connectivity index (χ2n) is 16.9. The monoisotopic (exact) mass is 921 g/mol. The zero-order valence-corrected chi connectivity index (χ0v) is 37.5. The highest BCUT2D eigenvalue weighted by molar-refractivity contribution is 8.00. The molecule has 0 bridgehead atoms. The lowest BCUT2D eigenvalue weighted by Gasteiger charge is -2.18. The molecule has 2 saturated carbocycles. The summed E-state index contributed by atoms with van der Waals surface area (Å²) in [5, 5.41) is 22.8. The second kappa shape index (κ2) is 18.6. The number of aromatic carboxylic acids is 2. The van der Waals surface area contributed by atoms with Crippen molar-refractivity contribution in [1.82, 2.24) is 9.13 Å². The Bertz CT molecular complexity index is 3170. The van der Waals surface area contributed by atoms with Crippen LogP contribution in [0.2, 0.25) is 0 Å². The Morgan fingerprint density at radius 1 is 0.657 bits per heavy atom. The van der Waals surface area contributed by atoms with E-state index in [9.17, 15) is 37.8 Å². The van der Waals surface area contributed by atoms with Gasteiger partial charge in [-0.1, -0.05) is 84.9 Å². The maximum atomic E-state index is 13.2. The van der Waals surface area contributed by atoms with Crippen molar-refractivity contribution in [3.8, 4) is 28.0 Å². The Labute approximate surface area is 389 Å². The number of anilines is 1. The molecule has 0 spiro atoms. The quantitative estimate of drug-likeness (QED) is 0.118. The predicted molar refractivity (Wildman–Crippen MR) is 256 cm³/mol. The van der Waals surface area contributed by atoms with E-state index >= 15 is 0 Å². The first kappa shape index (κ1) is 44.9. The summed E-state index contributed by atoms with van der Waals surface area (Å²) in [6.45, 7) is 0.404. The maximum absolute atomic E-state index is 13.2. The number of aromatic nitrogens is 2. The number of rotatable bonds is 13. The molecule has 0 aliphatic heterocycles. The average molecular weight is 922 g/mol. The van der Waals surface area contributed by atoms with Crippen molar-refractivity contribution in [2.24, 2.45) is 5.92 Å². The number of carboxylic acid groups (broad SMARTS) is 2. The van der Waals surface area contributed by atoms with Crippen molar-refractivity contribution in [3.05, 3.63) is 174 Å². The summed E-state index contributed by atoms with van der Waals surface area (Å²) in [5.74, 6) is -1.18. The number of alkyl halides is 3. The first-order chi connectivity index (χ1) is 32.3. The van der Waals surface area contributed by atoms with Crippen LogP contribution in [-0.2, 0) is 24.1 Å². The van der Waals surface area contributed by atoms with Gasteiger partial charge in [0.1, 0.15) is 17.1 Å². The first-order valence-electron chi connectivity index (χ1n) is 21.9. The Morgan fingerprint density at radius 3 is 1.76 bits per heavy atom. The number of benzene rings is 6. The van der Waals surface area contributed by atoms with Crippen LogP contribution in [0, 0.1) is 5.92 Å². The number of hydrogen-bond acceptors (Lipinski definition) is 5.